The number of hydrogen-bond donors (Lipinski definition) is 2. The van der Waals surface area contributed by atoms with E-state index in [9.17, 15) is 9.90 Å². The van der Waals surface area contributed by atoms with Gasteiger partial charge in [-0.3, -0.25) is 4.79 Å². The third-order valence-electron chi connectivity index (χ3n) is 3.87. The number of carbonyl (C=O) groups is 1. The van der Waals surface area contributed by atoms with Crippen LogP contribution in [0.3, 0.4) is 0 Å². The molecule has 0 aliphatic carbocycles. The molecule has 7 heteroatoms. The summed E-state index contributed by atoms with van der Waals surface area (Å²) in [6.45, 7) is 2.53. The summed E-state index contributed by atoms with van der Waals surface area (Å²) in [6.07, 6.45) is 3.41. The smallest absolute Gasteiger partial charge is 0.323 e. The molecule has 0 bridgehead atoms. The van der Waals surface area contributed by atoms with E-state index in [1.54, 1.807) is 24.3 Å². The van der Waals surface area contributed by atoms with E-state index in [2.05, 4.69) is 52.1 Å². The van der Waals surface area contributed by atoms with E-state index in [0.717, 1.165) is 37.7 Å². The van der Waals surface area contributed by atoms with Crippen molar-refractivity contribution in [1.29, 1.82) is 0 Å². The van der Waals surface area contributed by atoms with E-state index < -0.39 is 6.04 Å². The topological polar surface area (TPSA) is 81.8 Å². The highest BCUT2D eigenvalue weighted by atomic mass is 127. The largest absolute Gasteiger partial charge is 0.508 e. The zero-order chi connectivity index (χ0) is 19.8. The summed E-state index contributed by atoms with van der Waals surface area (Å²) < 4.78 is 13.0. The van der Waals surface area contributed by atoms with Gasteiger partial charge in [0.25, 0.3) is 0 Å². The molecule has 146 valence electrons. The Labute approximate surface area is 186 Å². The maximum atomic E-state index is 12.0. The Kier molecular flexibility index (Phi) is 9.10. The Balaban J connectivity index is 2.00. The van der Waals surface area contributed by atoms with E-state index in [1.807, 2.05) is 12.1 Å². The van der Waals surface area contributed by atoms with Gasteiger partial charge in [0, 0.05) is 0 Å². The van der Waals surface area contributed by atoms with Gasteiger partial charge < -0.3 is 20.3 Å². The fourth-order valence-corrected chi connectivity index (χ4v) is 4.55. The first kappa shape index (κ1) is 22.2. The quantitative estimate of drug-likeness (QED) is 0.243. The van der Waals surface area contributed by atoms with Crippen LogP contribution in [0.1, 0.15) is 31.7 Å². The third kappa shape index (κ3) is 7.11. The van der Waals surface area contributed by atoms with Crippen LogP contribution >= 0.6 is 45.2 Å². The van der Waals surface area contributed by atoms with Crippen LogP contribution in [0.2, 0.25) is 0 Å². The summed E-state index contributed by atoms with van der Waals surface area (Å²) in [5.41, 5.74) is 6.96. The lowest BCUT2D eigenvalue weighted by atomic mass is 10.1. The van der Waals surface area contributed by atoms with Gasteiger partial charge in [-0.05, 0) is 100.0 Å². The standard InChI is InChI=1S/C20H23I2NO4/c1-2-3-4-9-26-20(25)18(23)12-13-10-16(21)19(17(22)11-13)27-15-7-5-14(24)6-8-15/h5-8,10-11,18,24H,2-4,9,12,23H2,1H3/t18-/m0/s1. The van der Waals surface area contributed by atoms with Gasteiger partial charge in [-0.1, -0.05) is 19.8 Å². The summed E-state index contributed by atoms with van der Waals surface area (Å²) in [7, 11) is 0. The monoisotopic (exact) mass is 595 g/mol. The second-order valence-corrected chi connectivity index (χ2v) is 8.49. The molecule has 1 atom stereocenters. The van der Waals surface area contributed by atoms with Gasteiger partial charge in [-0.2, -0.15) is 0 Å². The molecule has 0 radical (unpaired) electrons. The molecule has 0 amide bonds. The van der Waals surface area contributed by atoms with Gasteiger partial charge in [0.2, 0.25) is 0 Å². The minimum absolute atomic E-state index is 0.192. The Morgan fingerprint density at radius 1 is 1.15 bits per heavy atom. The van der Waals surface area contributed by atoms with Gasteiger partial charge in [-0.25, -0.2) is 0 Å². The summed E-state index contributed by atoms with van der Waals surface area (Å²) in [4.78, 5) is 12.0. The van der Waals surface area contributed by atoms with E-state index in [4.69, 9.17) is 15.2 Å². The fourth-order valence-electron chi connectivity index (χ4n) is 2.43. The molecule has 5 nitrogen and oxygen atoms in total. The number of benzene rings is 2. The van der Waals surface area contributed by atoms with Gasteiger partial charge in [0.05, 0.1) is 13.7 Å². The van der Waals surface area contributed by atoms with Crippen molar-refractivity contribution in [3.05, 3.63) is 49.1 Å². The molecule has 0 saturated heterocycles. The first-order valence-corrected chi connectivity index (χ1v) is 10.9. The number of unbranched alkanes of at least 4 members (excludes halogenated alkanes) is 2. The predicted octanol–water partition coefficient (Wildman–Crippen LogP) is 5.00. The fraction of sp³-hybridized carbons (Fsp3) is 0.350. The van der Waals surface area contributed by atoms with E-state index in [0.29, 0.717) is 18.8 Å². The Morgan fingerprint density at radius 3 is 2.37 bits per heavy atom. The molecule has 3 N–H and O–H groups in total. The van der Waals surface area contributed by atoms with E-state index >= 15 is 0 Å². The molecule has 27 heavy (non-hydrogen) atoms. The molecular weight excluding hydrogens is 572 g/mol. The lowest BCUT2D eigenvalue weighted by molar-refractivity contribution is -0.145. The van der Waals surface area contributed by atoms with Crippen LogP contribution in [0, 0.1) is 7.14 Å². The summed E-state index contributed by atoms with van der Waals surface area (Å²) in [5.74, 6) is 1.21. The van der Waals surface area contributed by atoms with Crippen molar-refractivity contribution in [3.8, 4) is 17.2 Å². The maximum absolute atomic E-state index is 12.0. The number of carbonyl (C=O) groups excluding carboxylic acids is 1. The predicted molar refractivity (Wildman–Crippen MR) is 122 cm³/mol. The molecule has 0 aromatic heterocycles. The molecular formula is C20H23I2NO4. The molecule has 0 fully saturated rings. The number of hydrogen-bond acceptors (Lipinski definition) is 5. The maximum Gasteiger partial charge on any atom is 0.323 e. The molecule has 2 aromatic carbocycles. The SMILES string of the molecule is CCCCCOC(=O)[C@@H](N)Cc1cc(I)c(Oc2ccc(O)cc2)c(I)c1. The average molecular weight is 595 g/mol. The lowest BCUT2D eigenvalue weighted by Crippen LogP contribution is -2.34. The Morgan fingerprint density at radius 2 is 1.78 bits per heavy atom. The molecule has 0 spiro atoms. The summed E-state index contributed by atoms with van der Waals surface area (Å²) >= 11 is 4.41. The van der Waals surface area contributed by atoms with Crippen LogP contribution in [-0.2, 0) is 16.0 Å². The van der Waals surface area contributed by atoms with Crippen LogP contribution in [0.4, 0.5) is 0 Å². The summed E-state index contributed by atoms with van der Waals surface area (Å²) in [6, 6.07) is 9.82. The van der Waals surface area contributed by atoms with Crippen molar-refractivity contribution in [3.63, 3.8) is 0 Å². The van der Waals surface area contributed by atoms with Crippen molar-refractivity contribution in [2.75, 3.05) is 6.61 Å². The van der Waals surface area contributed by atoms with Crippen molar-refractivity contribution in [2.24, 2.45) is 5.73 Å². The van der Waals surface area contributed by atoms with E-state index in [1.165, 1.54) is 0 Å². The molecule has 0 saturated carbocycles. The molecule has 0 aliphatic rings. The van der Waals surface area contributed by atoms with Crippen molar-refractivity contribution >= 4 is 51.2 Å². The number of halogens is 2. The number of phenols is 1. The first-order valence-electron chi connectivity index (χ1n) is 8.77. The van der Waals surface area contributed by atoms with Crippen LogP contribution < -0.4 is 10.5 Å². The molecule has 0 aliphatic heterocycles. The van der Waals surface area contributed by atoms with Crippen LogP contribution in [0.15, 0.2) is 36.4 Å². The van der Waals surface area contributed by atoms with Crippen LogP contribution in [0.5, 0.6) is 17.2 Å². The molecule has 2 aromatic rings. The van der Waals surface area contributed by atoms with Gasteiger partial charge in [0.15, 0.2) is 5.75 Å². The van der Waals surface area contributed by atoms with E-state index in [-0.39, 0.29) is 11.7 Å². The number of esters is 1. The average Bonchev–Trinajstić information content (AvgIpc) is 2.63. The van der Waals surface area contributed by atoms with Crippen molar-refractivity contribution < 1.29 is 19.4 Å². The number of phenolic OH excluding ortho intramolecular Hbond substituents is 1. The molecule has 0 heterocycles. The van der Waals surface area contributed by atoms with Gasteiger partial charge in [0.1, 0.15) is 17.5 Å². The second kappa shape index (κ2) is 11.1. The Hall–Kier alpha value is -1.07. The van der Waals surface area contributed by atoms with Gasteiger partial charge >= 0.3 is 5.97 Å². The molecule has 0 unspecified atom stereocenters. The first-order chi connectivity index (χ1) is 12.9. The van der Waals surface area contributed by atoms with Crippen molar-refractivity contribution in [1.82, 2.24) is 0 Å². The van der Waals surface area contributed by atoms with Crippen LogP contribution in [0.25, 0.3) is 0 Å². The number of ether oxygens (including phenoxy) is 2. The van der Waals surface area contributed by atoms with Crippen molar-refractivity contribution in [2.45, 2.75) is 38.6 Å². The minimum atomic E-state index is -0.679. The highest BCUT2D eigenvalue weighted by Crippen LogP contribution is 2.33. The third-order valence-corrected chi connectivity index (χ3v) is 5.47. The number of nitrogens with two attached hydrogens (primary N) is 1. The zero-order valence-corrected chi connectivity index (χ0v) is 19.4. The lowest BCUT2D eigenvalue weighted by Gasteiger charge is -2.15. The minimum Gasteiger partial charge on any atom is -0.508 e. The number of aromatic hydroxyl groups is 1. The zero-order valence-electron chi connectivity index (χ0n) is 15.1. The number of rotatable bonds is 9. The normalized spacial score (nSPS) is 11.9. The second-order valence-electron chi connectivity index (χ2n) is 6.17. The van der Waals surface area contributed by atoms with Crippen LogP contribution in [-0.4, -0.2) is 23.7 Å². The Bertz CT molecular complexity index is 742. The molecule has 2 rings (SSSR count). The van der Waals surface area contributed by atoms with Gasteiger partial charge in [-0.15, -0.1) is 0 Å². The summed E-state index contributed by atoms with van der Waals surface area (Å²) in [5, 5.41) is 9.37. The highest BCUT2D eigenvalue weighted by Gasteiger charge is 2.18. The highest BCUT2D eigenvalue weighted by molar-refractivity contribution is 14.1.